The van der Waals surface area contributed by atoms with E-state index in [1.807, 2.05) is 27.7 Å². The summed E-state index contributed by atoms with van der Waals surface area (Å²) in [5, 5.41) is 11.9. The van der Waals surface area contributed by atoms with Gasteiger partial charge in [0.05, 0.1) is 0 Å². The van der Waals surface area contributed by atoms with Gasteiger partial charge >= 0.3 is 6.09 Å². The first-order valence-electron chi connectivity index (χ1n) is 8.59. The maximum atomic E-state index is 12.7. The summed E-state index contributed by atoms with van der Waals surface area (Å²) in [5.41, 5.74) is -0.652. The lowest BCUT2D eigenvalue weighted by Gasteiger charge is -2.54. The van der Waals surface area contributed by atoms with Crippen LogP contribution in [0, 0.1) is 5.41 Å². The highest BCUT2D eigenvalue weighted by Gasteiger charge is 2.59. The highest BCUT2D eigenvalue weighted by Crippen LogP contribution is 2.51. The molecule has 0 bridgehead atoms. The number of likely N-dealkylation sites (tertiary alicyclic amines) is 1. The molecule has 2 unspecified atom stereocenters. The summed E-state index contributed by atoms with van der Waals surface area (Å²) in [6, 6.07) is -0.548. The minimum Gasteiger partial charge on any atom is -0.444 e. The van der Waals surface area contributed by atoms with Gasteiger partial charge in [0.1, 0.15) is 11.6 Å². The van der Waals surface area contributed by atoms with Gasteiger partial charge in [0.15, 0.2) is 0 Å². The average Bonchev–Trinajstić information content (AvgIpc) is 2.84. The molecule has 0 aromatic carbocycles. The van der Waals surface area contributed by atoms with Crippen LogP contribution in [0.15, 0.2) is 0 Å². The van der Waals surface area contributed by atoms with Gasteiger partial charge in [-0.15, -0.1) is 0 Å². The number of rotatable bonds is 4. The lowest BCUT2D eigenvalue weighted by Crippen LogP contribution is -2.71. The Morgan fingerprint density at radius 3 is 2.48 bits per heavy atom. The van der Waals surface area contributed by atoms with Crippen LogP contribution in [0.4, 0.5) is 4.79 Å². The molecule has 1 spiro atoms. The van der Waals surface area contributed by atoms with Gasteiger partial charge in [0.2, 0.25) is 5.91 Å². The number of carbonyl (C=O) groups is 2. The number of amides is 2. The number of aliphatic hydroxyl groups excluding tert-OH is 1. The molecule has 1 aliphatic carbocycles. The maximum absolute atomic E-state index is 12.7. The normalized spacial score (nSPS) is 24.2. The topological polar surface area (TPSA) is 78.9 Å². The fourth-order valence-electron chi connectivity index (χ4n) is 3.74. The summed E-state index contributed by atoms with van der Waals surface area (Å²) >= 11 is 0. The smallest absolute Gasteiger partial charge is 0.411 e. The number of nitrogens with one attached hydrogen (secondary N) is 1. The van der Waals surface area contributed by atoms with Crippen molar-refractivity contribution in [2.24, 2.45) is 5.41 Å². The Labute approximate surface area is 138 Å². The standard InChI is InChI=1S/C17H30N2O4/c1-12(7-10-20)18-14(21)13-17(8-5-6-9-17)11-19(13)15(22)23-16(2,3)4/h12-13,20H,5-11H2,1-4H3,(H,18,21). The van der Waals surface area contributed by atoms with Crippen LogP contribution in [0.3, 0.4) is 0 Å². The molecule has 6 nitrogen and oxygen atoms in total. The Hall–Kier alpha value is -1.30. The van der Waals surface area contributed by atoms with Gasteiger partial charge < -0.3 is 15.2 Å². The van der Waals surface area contributed by atoms with Crippen molar-refractivity contribution in [1.29, 1.82) is 0 Å². The highest BCUT2D eigenvalue weighted by atomic mass is 16.6. The minimum absolute atomic E-state index is 0.0348. The Morgan fingerprint density at radius 2 is 1.96 bits per heavy atom. The maximum Gasteiger partial charge on any atom is 0.411 e. The van der Waals surface area contributed by atoms with E-state index in [1.165, 1.54) is 0 Å². The van der Waals surface area contributed by atoms with Crippen molar-refractivity contribution >= 4 is 12.0 Å². The van der Waals surface area contributed by atoms with E-state index >= 15 is 0 Å². The number of aliphatic hydroxyl groups is 1. The van der Waals surface area contributed by atoms with Crippen LogP contribution >= 0.6 is 0 Å². The summed E-state index contributed by atoms with van der Waals surface area (Å²) in [6.07, 6.45) is 4.29. The lowest BCUT2D eigenvalue weighted by molar-refractivity contribution is -0.146. The predicted molar refractivity (Wildman–Crippen MR) is 86.9 cm³/mol. The van der Waals surface area contributed by atoms with Crippen molar-refractivity contribution in [2.45, 2.75) is 77.5 Å². The second-order valence-corrected chi connectivity index (χ2v) is 8.00. The number of nitrogens with zero attached hydrogens (tertiary/aromatic N) is 1. The van der Waals surface area contributed by atoms with E-state index in [4.69, 9.17) is 9.84 Å². The van der Waals surface area contributed by atoms with Crippen LogP contribution in [0.5, 0.6) is 0 Å². The largest absolute Gasteiger partial charge is 0.444 e. The van der Waals surface area contributed by atoms with Gasteiger partial charge in [-0.2, -0.15) is 0 Å². The molecule has 0 aromatic rings. The number of carbonyl (C=O) groups excluding carboxylic acids is 2. The van der Waals surface area contributed by atoms with Crippen molar-refractivity contribution in [1.82, 2.24) is 10.2 Å². The molecule has 23 heavy (non-hydrogen) atoms. The first-order valence-corrected chi connectivity index (χ1v) is 8.59. The second-order valence-electron chi connectivity index (χ2n) is 8.00. The summed E-state index contributed by atoms with van der Waals surface area (Å²) in [5.74, 6) is -0.120. The van der Waals surface area contributed by atoms with E-state index < -0.39 is 17.7 Å². The number of hydrogen-bond acceptors (Lipinski definition) is 4. The Bertz CT molecular complexity index is 452. The Morgan fingerprint density at radius 1 is 1.35 bits per heavy atom. The van der Waals surface area contributed by atoms with E-state index in [1.54, 1.807) is 4.90 Å². The molecule has 2 rings (SSSR count). The van der Waals surface area contributed by atoms with Crippen LogP contribution < -0.4 is 5.32 Å². The zero-order valence-corrected chi connectivity index (χ0v) is 14.7. The summed E-state index contributed by atoms with van der Waals surface area (Å²) in [6.45, 7) is 7.99. The molecule has 0 aromatic heterocycles. The quantitative estimate of drug-likeness (QED) is 0.829. The first-order chi connectivity index (χ1) is 10.7. The molecule has 2 atom stereocenters. The fraction of sp³-hybridized carbons (Fsp3) is 0.882. The van der Waals surface area contributed by atoms with Gasteiger partial charge in [-0.1, -0.05) is 12.8 Å². The summed E-state index contributed by atoms with van der Waals surface area (Å²) in [7, 11) is 0. The van der Waals surface area contributed by atoms with E-state index in [0.717, 1.165) is 25.7 Å². The third-order valence-electron chi connectivity index (χ3n) is 4.80. The van der Waals surface area contributed by atoms with Crippen LogP contribution in [0.25, 0.3) is 0 Å². The Kier molecular flexibility index (Phi) is 5.23. The molecule has 2 amide bonds. The molecule has 132 valence electrons. The molecule has 1 saturated carbocycles. The van der Waals surface area contributed by atoms with E-state index in [9.17, 15) is 9.59 Å². The number of ether oxygens (including phenoxy) is 1. The zero-order chi connectivity index (χ0) is 17.3. The molecule has 1 aliphatic heterocycles. The molecule has 0 radical (unpaired) electrons. The van der Waals surface area contributed by atoms with Crippen molar-refractivity contribution in [3.8, 4) is 0 Å². The molecule has 2 fully saturated rings. The van der Waals surface area contributed by atoms with Gasteiger partial charge in [0, 0.05) is 24.6 Å². The van der Waals surface area contributed by atoms with Crippen LogP contribution in [-0.2, 0) is 9.53 Å². The van der Waals surface area contributed by atoms with Gasteiger partial charge in [-0.3, -0.25) is 9.69 Å². The monoisotopic (exact) mass is 326 g/mol. The van der Waals surface area contributed by atoms with Crippen LogP contribution in [0.2, 0.25) is 0 Å². The average molecular weight is 326 g/mol. The molecule has 6 heteroatoms. The minimum atomic E-state index is -0.569. The van der Waals surface area contributed by atoms with Crippen LogP contribution in [0.1, 0.15) is 59.8 Å². The van der Waals surface area contributed by atoms with Crippen molar-refractivity contribution in [2.75, 3.05) is 13.2 Å². The highest BCUT2D eigenvalue weighted by molar-refractivity contribution is 5.89. The van der Waals surface area contributed by atoms with E-state index in [2.05, 4.69) is 5.32 Å². The van der Waals surface area contributed by atoms with Crippen LogP contribution in [-0.4, -0.2) is 52.8 Å². The molecule has 1 heterocycles. The first kappa shape index (κ1) is 18.0. The lowest BCUT2D eigenvalue weighted by atomic mass is 9.69. The van der Waals surface area contributed by atoms with Gasteiger partial charge in [-0.05, 0) is 47.0 Å². The van der Waals surface area contributed by atoms with Crippen molar-refractivity contribution in [3.63, 3.8) is 0 Å². The molecule has 2 N–H and O–H groups in total. The van der Waals surface area contributed by atoms with E-state index in [0.29, 0.717) is 13.0 Å². The Balaban J connectivity index is 2.08. The van der Waals surface area contributed by atoms with Gasteiger partial charge in [-0.25, -0.2) is 4.79 Å². The molecule has 1 saturated heterocycles. The number of hydrogen-bond donors (Lipinski definition) is 2. The molecular formula is C17H30N2O4. The van der Waals surface area contributed by atoms with E-state index in [-0.39, 0.29) is 24.0 Å². The summed E-state index contributed by atoms with van der Waals surface area (Å²) < 4.78 is 5.44. The zero-order valence-electron chi connectivity index (χ0n) is 14.7. The molecule has 2 aliphatic rings. The SMILES string of the molecule is CC(CCO)NC(=O)C1N(C(=O)OC(C)(C)C)CC12CCCC2. The third-order valence-corrected chi connectivity index (χ3v) is 4.80. The third kappa shape index (κ3) is 3.97. The second kappa shape index (κ2) is 6.67. The molecular weight excluding hydrogens is 296 g/mol. The predicted octanol–water partition coefficient (Wildman–Crippen LogP) is 2.05. The summed E-state index contributed by atoms with van der Waals surface area (Å²) in [4.78, 5) is 26.7. The van der Waals surface area contributed by atoms with Gasteiger partial charge in [0.25, 0.3) is 0 Å². The van der Waals surface area contributed by atoms with Crippen molar-refractivity contribution in [3.05, 3.63) is 0 Å². The van der Waals surface area contributed by atoms with Crippen molar-refractivity contribution < 1.29 is 19.4 Å². The fourth-order valence-corrected chi connectivity index (χ4v) is 3.74.